The van der Waals surface area contributed by atoms with Crippen LogP contribution in [0, 0.1) is 0 Å². The molecule has 1 aliphatic rings. The number of likely N-dealkylation sites (N-methyl/N-ethyl adjacent to an activating group) is 1. The third kappa shape index (κ3) is 3.37. The first-order valence-electron chi connectivity index (χ1n) is 6.09. The second-order valence-corrected chi connectivity index (χ2v) is 6.11. The van der Waals surface area contributed by atoms with Gasteiger partial charge in [-0.05, 0) is 26.1 Å². The summed E-state index contributed by atoms with van der Waals surface area (Å²) in [5, 5.41) is 2.97. The zero-order chi connectivity index (χ0) is 13.9. The second kappa shape index (κ2) is 5.77. The molecule has 0 amide bonds. The maximum absolute atomic E-state index is 12.1. The minimum atomic E-state index is -3.52. The van der Waals surface area contributed by atoms with Crippen molar-refractivity contribution < 1.29 is 17.9 Å². The van der Waals surface area contributed by atoms with Gasteiger partial charge >= 0.3 is 0 Å². The lowest BCUT2D eigenvalue weighted by Gasteiger charge is -2.19. The Labute approximate surface area is 113 Å². The molecule has 0 saturated carbocycles. The highest BCUT2D eigenvalue weighted by Crippen LogP contribution is 2.32. The monoisotopic (exact) mass is 286 g/mol. The highest BCUT2D eigenvalue weighted by molar-refractivity contribution is 7.89. The SMILES string of the molecule is CNC(C)CNS(=O)(=O)c1ccc2c(c1)OCCO2. The normalized spacial score (nSPS) is 16.1. The summed E-state index contributed by atoms with van der Waals surface area (Å²) in [4.78, 5) is 0.181. The predicted molar refractivity (Wildman–Crippen MR) is 71.1 cm³/mol. The van der Waals surface area contributed by atoms with Gasteiger partial charge in [0.05, 0.1) is 4.90 Å². The minimum Gasteiger partial charge on any atom is -0.486 e. The molecule has 0 saturated heterocycles. The van der Waals surface area contributed by atoms with Crippen LogP contribution in [0.3, 0.4) is 0 Å². The molecule has 1 aromatic carbocycles. The van der Waals surface area contributed by atoms with Crippen molar-refractivity contribution in [1.82, 2.24) is 10.0 Å². The Hall–Kier alpha value is -1.31. The Morgan fingerprint density at radius 3 is 2.63 bits per heavy atom. The van der Waals surface area contributed by atoms with Gasteiger partial charge in [-0.3, -0.25) is 0 Å². The summed E-state index contributed by atoms with van der Waals surface area (Å²) in [5.41, 5.74) is 0. The Bertz CT molecular complexity index is 545. The van der Waals surface area contributed by atoms with Gasteiger partial charge in [0, 0.05) is 18.7 Å². The van der Waals surface area contributed by atoms with Gasteiger partial charge in [0.2, 0.25) is 10.0 Å². The zero-order valence-electron chi connectivity index (χ0n) is 11.0. The smallest absolute Gasteiger partial charge is 0.240 e. The lowest BCUT2D eigenvalue weighted by Crippen LogP contribution is -2.37. The van der Waals surface area contributed by atoms with Crippen LogP contribution in [0.5, 0.6) is 11.5 Å². The summed E-state index contributed by atoms with van der Waals surface area (Å²) < 4.78 is 37.5. The van der Waals surface area contributed by atoms with Gasteiger partial charge in [0.15, 0.2) is 11.5 Å². The molecular formula is C12H18N2O4S. The maximum atomic E-state index is 12.1. The van der Waals surface area contributed by atoms with E-state index in [-0.39, 0.29) is 10.9 Å². The molecule has 1 aromatic rings. The van der Waals surface area contributed by atoms with Gasteiger partial charge in [-0.25, -0.2) is 13.1 Å². The molecular weight excluding hydrogens is 268 g/mol. The van der Waals surface area contributed by atoms with Crippen molar-refractivity contribution in [2.45, 2.75) is 17.9 Å². The minimum absolute atomic E-state index is 0.0620. The summed E-state index contributed by atoms with van der Waals surface area (Å²) >= 11 is 0. The molecule has 1 aliphatic heterocycles. The van der Waals surface area contributed by atoms with E-state index >= 15 is 0 Å². The predicted octanol–water partition coefficient (Wildman–Crippen LogP) is 0.344. The quantitative estimate of drug-likeness (QED) is 0.816. The molecule has 0 spiro atoms. The lowest BCUT2D eigenvalue weighted by atomic mass is 10.3. The average molecular weight is 286 g/mol. The second-order valence-electron chi connectivity index (χ2n) is 4.35. The number of ether oxygens (including phenoxy) is 2. The fourth-order valence-electron chi connectivity index (χ4n) is 1.61. The van der Waals surface area contributed by atoms with Gasteiger partial charge in [0.1, 0.15) is 13.2 Å². The van der Waals surface area contributed by atoms with E-state index in [1.54, 1.807) is 13.1 Å². The molecule has 2 N–H and O–H groups in total. The number of rotatable bonds is 5. The van der Waals surface area contributed by atoms with E-state index < -0.39 is 10.0 Å². The Balaban J connectivity index is 2.16. The number of nitrogens with one attached hydrogen (secondary N) is 2. The van der Waals surface area contributed by atoms with Crippen LogP contribution in [0.15, 0.2) is 23.1 Å². The summed E-state index contributed by atoms with van der Waals surface area (Å²) in [6.45, 7) is 3.14. The van der Waals surface area contributed by atoms with Crippen LogP contribution in [0.25, 0.3) is 0 Å². The van der Waals surface area contributed by atoms with Crippen molar-refractivity contribution >= 4 is 10.0 Å². The zero-order valence-corrected chi connectivity index (χ0v) is 11.8. The number of benzene rings is 1. The summed E-state index contributed by atoms with van der Waals surface area (Å²) in [6, 6.07) is 4.68. The molecule has 1 unspecified atom stereocenters. The van der Waals surface area contributed by atoms with Crippen molar-refractivity contribution in [2.75, 3.05) is 26.8 Å². The fourth-order valence-corrected chi connectivity index (χ4v) is 2.76. The molecule has 7 heteroatoms. The summed E-state index contributed by atoms with van der Waals surface area (Å²) in [7, 11) is -1.74. The van der Waals surface area contributed by atoms with Gasteiger partial charge in [-0.1, -0.05) is 0 Å². The molecule has 0 fully saturated rings. The number of hydrogen-bond donors (Lipinski definition) is 2. The molecule has 0 bridgehead atoms. The first-order valence-corrected chi connectivity index (χ1v) is 7.58. The van der Waals surface area contributed by atoms with Crippen molar-refractivity contribution in [3.8, 4) is 11.5 Å². The lowest BCUT2D eigenvalue weighted by molar-refractivity contribution is 0.171. The molecule has 0 aliphatic carbocycles. The maximum Gasteiger partial charge on any atom is 0.240 e. The Kier molecular flexibility index (Phi) is 4.28. The van der Waals surface area contributed by atoms with Crippen LogP contribution in [-0.2, 0) is 10.0 Å². The highest BCUT2D eigenvalue weighted by atomic mass is 32.2. The van der Waals surface area contributed by atoms with Crippen LogP contribution in [0.1, 0.15) is 6.92 Å². The van der Waals surface area contributed by atoms with E-state index in [2.05, 4.69) is 10.0 Å². The van der Waals surface area contributed by atoms with Crippen molar-refractivity contribution in [3.05, 3.63) is 18.2 Å². The molecule has 1 heterocycles. The topological polar surface area (TPSA) is 76.7 Å². The van der Waals surface area contributed by atoms with Gasteiger partial charge < -0.3 is 14.8 Å². The Morgan fingerprint density at radius 2 is 1.95 bits per heavy atom. The molecule has 19 heavy (non-hydrogen) atoms. The fraction of sp³-hybridized carbons (Fsp3) is 0.500. The molecule has 2 rings (SSSR count). The van der Waals surface area contributed by atoms with E-state index in [1.165, 1.54) is 12.1 Å². The van der Waals surface area contributed by atoms with Gasteiger partial charge in [0.25, 0.3) is 0 Å². The van der Waals surface area contributed by atoms with Crippen molar-refractivity contribution in [1.29, 1.82) is 0 Å². The average Bonchev–Trinajstić information content (AvgIpc) is 2.44. The van der Waals surface area contributed by atoms with Gasteiger partial charge in [-0.15, -0.1) is 0 Å². The van der Waals surface area contributed by atoms with E-state index in [4.69, 9.17) is 9.47 Å². The first-order chi connectivity index (χ1) is 9.03. The van der Waals surface area contributed by atoms with Crippen LogP contribution in [0.4, 0.5) is 0 Å². The third-order valence-corrected chi connectivity index (χ3v) is 4.32. The molecule has 0 aromatic heterocycles. The first kappa shape index (κ1) is 14.1. The Morgan fingerprint density at radius 1 is 1.26 bits per heavy atom. The molecule has 106 valence electrons. The molecule has 0 radical (unpaired) electrons. The molecule has 6 nitrogen and oxygen atoms in total. The van der Waals surface area contributed by atoms with E-state index in [0.29, 0.717) is 31.3 Å². The molecule has 1 atom stereocenters. The highest BCUT2D eigenvalue weighted by Gasteiger charge is 2.19. The van der Waals surface area contributed by atoms with E-state index in [1.807, 2.05) is 6.92 Å². The summed E-state index contributed by atoms with van der Waals surface area (Å²) in [5.74, 6) is 1.05. The van der Waals surface area contributed by atoms with Crippen LogP contribution in [-0.4, -0.2) is 41.3 Å². The largest absolute Gasteiger partial charge is 0.486 e. The number of hydrogen-bond acceptors (Lipinski definition) is 5. The van der Waals surface area contributed by atoms with Crippen LogP contribution < -0.4 is 19.5 Å². The number of sulfonamides is 1. The van der Waals surface area contributed by atoms with E-state index in [9.17, 15) is 8.42 Å². The van der Waals surface area contributed by atoms with Crippen LogP contribution >= 0.6 is 0 Å². The van der Waals surface area contributed by atoms with Crippen molar-refractivity contribution in [3.63, 3.8) is 0 Å². The van der Waals surface area contributed by atoms with Gasteiger partial charge in [-0.2, -0.15) is 0 Å². The van der Waals surface area contributed by atoms with E-state index in [0.717, 1.165) is 0 Å². The standard InChI is InChI=1S/C12H18N2O4S/c1-9(13-2)8-14-19(15,16)10-3-4-11-12(7-10)18-6-5-17-11/h3-4,7,9,13-14H,5-6,8H2,1-2H3. The number of fused-ring (bicyclic) bond motifs is 1. The third-order valence-electron chi connectivity index (χ3n) is 2.90. The van der Waals surface area contributed by atoms with Crippen molar-refractivity contribution in [2.24, 2.45) is 0 Å². The summed E-state index contributed by atoms with van der Waals surface area (Å²) in [6.07, 6.45) is 0. The van der Waals surface area contributed by atoms with Crippen LogP contribution in [0.2, 0.25) is 0 Å².